The van der Waals surface area contributed by atoms with Crippen molar-refractivity contribution in [3.63, 3.8) is 0 Å². The summed E-state index contributed by atoms with van der Waals surface area (Å²) in [5.74, 6) is 0.919. The van der Waals surface area contributed by atoms with Crippen LogP contribution in [0, 0.1) is 5.92 Å². The van der Waals surface area contributed by atoms with Gasteiger partial charge in [-0.25, -0.2) is 0 Å². The van der Waals surface area contributed by atoms with Crippen LogP contribution in [0.1, 0.15) is 25.7 Å². The van der Waals surface area contributed by atoms with Crippen molar-refractivity contribution in [2.75, 3.05) is 26.2 Å². The van der Waals surface area contributed by atoms with Gasteiger partial charge in [-0.05, 0) is 38.1 Å². The highest BCUT2D eigenvalue weighted by Gasteiger charge is 2.20. The van der Waals surface area contributed by atoms with E-state index in [9.17, 15) is 4.79 Å². The van der Waals surface area contributed by atoms with Gasteiger partial charge in [0.15, 0.2) is 0 Å². The number of hydrogen-bond acceptors (Lipinski definition) is 3. The van der Waals surface area contributed by atoms with Crippen molar-refractivity contribution in [1.82, 2.24) is 10.6 Å². The molecule has 1 aliphatic heterocycles. The Balaban J connectivity index is 0.00000128. The van der Waals surface area contributed by atoms with E-state index >= 15 is 0 Å². The van der Waals surface area contributed by atoms with Gasteiger partial charge in [-0.15, -0.1) is 12.4 Å². The van der Waals surface area contributed by atoms with Crippen molar-refractivity contribution >= 4 is 18.3 Å². The molecule has 1 saturated heterocycles. The standard InChI is InChI=1S/C11H20N2O2.ClH/c14-11(8-12-6-9-3-4-9)13-7-10-2-1-5-15-10;/h9-10,12H,1-8H2,(H,13,14);1H. The SMILES string of the molecule is Cl.O=C(CNCC1CC1)NCC1CCCO1. The number of hydrogen-bond donors (Lipinski definition) is 2. The quantitative estimate of drug-likeness (QED) is 0.728. The summed E-state index contributed by atoms with van der Waals surface area (Å²) in [6.07, 6.45) is 5.10. The summed E-state index contributed by atoms with van der Waals surface area (Å²) in [4.78, 5) is 11.4. The average Bonchev–Trinajstić information content (AvgIpc) is 2.91. The molecule has 0 radical (unpaired) electrons. The maximum absolute atomic E-state index is 11.4. The molecule has 16 heavy (non-hydrogen) atoms. The predicted molar refractivity (Wildman–Crippen MR) is 64.8 cm³/mol. The zero-order valence-electron chi connectivity index (χ0n) is 9.54. The summed E-state index contributed by atoms with van der Waals surface area (Å²) < 4.78 is 5.42. The fourth-order valence-electron chi connectivity index (χ4n) is 1.81. The van der Waals surface area contributed by atoms with E-state index in [1.807, 2.05) is 0 Å². The van der Waals surface area contributed by atoms with E-state index in [0.717, 1.165) is 31.9 Å². The van der Waals surface area contributed by atoms with Crippen molar-refractivity contribution < 1.29 is 9.53 Å². The van der Waals surface area contributed by atoms with Crippen LogP contribution < -0.4 is 10.6 Å². The minimum absolute atomic E-state index is 0. The summed E-state index contributed by atoms with van der Waals surface area (Å²) in [5, 5.41) is 6.06. The van der Waals surface area contributed by atoms with E-state index in [4.69, 9.17) is 4.74 Å². The van der Waals surface area contributed by atoms with Gasteiger partial charge in [0.1, 0.15) is 0 Å². The second-order valence-corrected chi connectivity index (χ2v) is 4.51. The molecule has 0 spiro atoms. The number of carbonyl (C=O) groups is 1. The Morgan fingerprint density at radius 2 is 2.06 bits per heavy atom. The molecule has 2 aliphatic rings. The first-order valence-corrected chi connectivity index (χ1v) is 5.93. The van der Waals surface area contributed by atoms with Crippen LogP contribution in [0.2, 0.25) is 0 Å². The first kappa shape index (κ1) is 13.7. The van der Waals surface area contributed by atoms with E-state index in [0.29, 0.717) is 13.1 Å². The number of nitrogens with one attached hydrogen (secondary N) is 2. The molecule has 1 amide bonds. The van der Waals surface area contributed by atoms with Crippen LogP contribution in [0.3, 0.4) is 0 Å². The van der Waals surface area contributed by atoms with Gasteiger partial charge < -0.3 is 15.4 Å². The van der Waals surface area contributed by atoms with Crippen molar-refractivity contribution in [2.24, 2.45) is 5.92 Å². The van der Waals surface area contributed by atoms with Crippen molar-refractivity contribution in [3.05, 3.63) is 0 Å². The Kier molecular flexibility index (Phi) is 6.09. The van der Waals surface area contributed by atoms with Gasteiger partial charge in [0.2, 0.25) is 5.91 Å². The number of ether oxygens (including phenoxy) is 1. The molecule has 5 heteroatoms. The van der Waals surface area contributed by atoms with Gasteiger partial charge in [-0.3, -0.25) is 4.79 Å². The Morgan fingerprint density at radius 1 is 1.25 bits per heavy atom. The molecule has 0 aromatic rings. The minimum atomic E-state index is 0. The lowest BCUT2D eigenvalue weighted by Crippen LogP contribution is -2.38. The number of rotatable bonds is 6. The average molecular weight is 249 g/mol. The summed E-state index contributed by atoms with van der Waals surface area (Å²) >= 11 is 0. The molecule has 94 valence electrons. The number of carbonyl (C=O) groups excluding carboxylic acids is 1. The third-order valence-corrected chi connectivity index (χ3v) is 2.97. The van der Waals surface area contributed by atoms with Gasteiger partial charge in [0.25, 0.3) is 0 Å². The lowest BCUT2D eigenvalue weighted by Gasteiger charge is -2.10. The number of halogens is 1. The van der Waals surface area contributed by atoms with Gasteiger partial charge in [0.05, 0.1) is 12.6 Å². The molecule has 0 bridgehead atoms. The molecule has 0 aromatic carbocycles. The fraction of sp³-hybridized carbons (Fsp3) is 0.909. The van der Waals surface area contributed by atoms with E-state index < -0.39 is 0 Å². The molecule has 1 unspecified atom stereocenters. The van der Waals surface area contributed by atoms with Crippen molar-refractivity contribution in [1.29, 1.82) is 0 Å². The van der Waals surface area contributed by atoms with E-state index in [-0.39, 0.29) is 24.4 Å². The van der Waals surface area contributed by atoms with Crippen LogP contribution in [0.15, 0.2) is 0 Å². The Labute approximate surface area is 103 Å². The Morgan fingerprint density at radius 3 is 2.69 bits per heavy atom. The highest BCUT2D eigenvalue weighted by Crippen LogP contribution is 2.27. The van der Waals surface area contributed by atoms with Crippen LogP contribution >= 0.6 is 12.4 Å². The normalized spacial score (nSPS) is 23.9. The predicted octanol–water partition coefficient (Wildman–Crippen LogP) is 0.703. The van der Waals surface area contributed by atoms with Crippen LogP contribution in [0.5, 0.6) is 0 Å². The highest BCUT2D eigenvalue weighted by atomic mass is 35.5. The van der Waals surface area contributed by atoms with E-state index in [2.05, 4.69) is 10.6 Å². The minimum Gasteiger partial charge on any atom is -0.376 e. The van der Waals surface area contributed by atoms with E-state index in [1.54, 1.807) is 0 Å². The first-order valence-electron chi connectivity index (χ1n) is 5.93. The van der Waals surface area contributed by atoms with Gasteiger partial charge in [0, 0.05) is 13.2 Å². The topological polar surface area (TPSA) is 50.4 Å². The summed E-state index contributed by atoms with van der Waals surface area (Å²) in [6.45, 7) is 2.96. The van der Waals surface area contributed by atoms with Gasteiger partial charge in [-0.1, -0.05) is 0 Å². The monoisotopic (exact) mass is 248 g/mol. The highest BCUT2D eigenvalue weighted by molar-refractivity contribution is 5.85. The third-order valence-electron chi connectivity index (χ3n) is 2.97. The maximum atomic E-state index is 11.4. The lowest BCUT2D eigenvalue weighted by molar-refractivity contribution is -0.120. The molecule has 1 heterocycles. The molecule has 1 atom stereocenters. The summed E-state index contributed by atoms with van der Waals surface area (Å²) in [7, 11) is 0. The lowest BCUT2D eigenvalue weighted by atomic mass is 10.2. The van der Waals surface area contributed by atoms with Crippen molar-refractivity contribution in [3.8, 4) is 0 Å². The van der Waals surface area contributed by atoms with Gasteiger partial charge >= 0.3 is 0 Å². The molecule has 4 nitrogen and oxygen atoms in total. The maximum Gasteiger partial charge on any atom is 0.234 e. The molecular formula is C11H21ClN2O2. The Bertz CT molecular complexity index is 216. The second kappa shape index (κ2) is 7.09. The van der Waals surface area contributed by atoms with Gasteiger partial charge in [-0.2, -0.15) is 0 Å². The largest absolute Gasteiger partial charge is 0.376 e. The molecule has 1 aliphatic carbocycles. The summed E-state index contributed by atoms with van der Waals surface area (Å²) in [6, 6.07) is 0. The molecule has 2 rings (SSSR count). The fourth-order valence-corrected chi connectivity index (χ4v) is 1.81. The Hall–Kier alpha value is -0.320. The molecule has 2 N–H and O–H groups in total. The molecule has 2 fully saturated rings. The van der Waals surface area contributed by atoms with Crippen LogP contribution in [0.25, 0.3) is 0 Å². The van der Waals surface area contributed by atoms with Crippen LogP contribution in [-0.4, -0.2) is 38.3 Å². The molecule has 1 saturated carbocycles. The smallest absolute Gasteiger partial charge is 0.234 e. The zero-order chi connectivity index (χ0) is 10.5. The van der Waals surface area contributed by atoms with Crippen LogP contribution in [0.4, 0.5) is 0 Å². The first-order chi connectivity index (χ1) is 7.34. The third kappa shape index (κ3) is 5.14. The van der Waals surface area contributed by atoms with E-state index in [1.165, 1.54) is 12.8 Å². The summed E-state index contributed by atoms with van der Waals surface area (Å²) in [5.41, 5.74) is 0. The second-order valence-electron chi connectivity index (χ2n) is 4.51. The number of amides is 1. The molecule has 0 aromatic heterocycles. The zero-order valence-corrected chi connectivity index (χ0v) is 10.4. The van der Waals surface area contributed by atoms with Crippen LogP contribution in [-0.2, 0) is 9.53 Å². The molecular weight excluding hydrogens is 228 g/mol. The van der Waals surface area contributed by atoms with Crippen molar-refractivity contribution in [2.45, 2.75) is 31.8 Å².